The van der Waals surface area contributed by atoms with Crippen LogP contribution >= 0.6 is 0 Å². The number of rotatable bonds is 0. The van der Waals surface area contributed by atoms with Crippen molar-refractivity contribution < 1.29 is 0 Å². The van der Waals surface area contributed by atoms with Gasteiger partial charge in [0.05, 0.1) is 0 Å². The smallest absolute Gasteiger partial charge is 0.295 e. The lowest BCUT2D eigenvalue weighted by Crippen LogP contribution is -1.94. The first-order valence-corrected chi connectivity index (χ1v) is 2.30. The van der Waals surface area contributed by atoms with Crippen LogP contribution in [0.2, 0.25) is 0 Å². The van der Waals surface area contributed by atoms with Crippen LogP contribution in [-0.4, -0.2) is 9.47 Å². The average Bonchev–Trinajstić information content (AvgIpc) is 1.76. The van der Waals surface area contributed by atoms with E-state index in [1.807, 2.05) is 6.20 Å². The summed E-state index contributed by atoms with van der Waals surface area (Å²) < 4.78 is 3.82. The van der Waals surface area contributed by atoms with Crippen molar-refractivity contribution >= 4 is 9.47 Å². The highest BCUT2D eigenvalue weighted by Gasteiger charge is 1.72. The molecule has 0 aromatic heterocycles. The number of nitrogens with zero attached hydrogens (tertiary/aromatic N) is 1. The monoisotopic (exact) mass is 83.0 g/mol. The van der Waals surface area contributed by atoms with Crippen LogP contribution in [0.3, 0.4) is 0 Å². The molecule has 0 atom stereocenters. The van der Waals surface area contributed by atoms with E-state index in [-0.39, 0.29) is 0 Å². The minimum absolute atomic E-state index is 0.573. The summed E-state index contributed by atoms with van der Waals surface area (Å²) >= 11 is 0. The van der Waals surface area contributed by atoms with Gasteiger partial charge in [0.2, 0.25) is 0 Å². The van der Waals surface area contributed by atoms with E-state index in [9.17, 15) is 0 Å². The third-order valence-corrected chi connectivity index (χ3v) is 0.935. The summed E-state index contributed by atoms with van der Waals surface area (Å²) in [7, 11) is 0.573. The fourth-order valence-electron chi connectivity index (χ4n) is 0.186. The highest BCUT2D eigenvalue weighted by Crippen LogP contribution is 1.70. The molecule has 0 unspecified atom stereocenters. The van der Waals surface area contributed by atoms with Crippen LogP contribution in [0, 0.1) is 0 Å². The zero-order valence-corrected chi connectivity index (χ0v) is 3.60. The molecule has 1 aliphatic heterocycles. The molecule has 1 heterocycles. The molecule has 1 radical (unpaired) electrons. The highest BCUT2D eigenvalue weighted by atomic mass is 28.2. The summed E-state index contributed by atoms with van der Waals surface area (Å²) in [6.45, 7) is 0. The zero-order valence-electron chi connectivity index (χ0n) is 2.60. The first-order valence-electron chi connectivity index (χ1n) is 1.35. The van der Waals surface area contributed by atoms with Gasteiger partial charge < -0.3 is 4.98 Å². The predicted molar refractivity (Wildman–Crippen MR) is 20.5 cm³/mol. The van der Waals surface area contributed by atoms with Gasteiger partial charge in [-0.2, -0.15) is 0 Å². The van der Waals surface area contributed by atoms with Gasteiger partial charge in [0.1, 0.15) is 0 Å². The molecular weight excluding hydrogens is 80.1 g/mol. The molecular formula is C2H3N2Si. The van der Waals surface area contributed by atoms with Crippen LogP contribution in [0.25, 0.3) is 0 Å². The van der Waals surface area contributed by atoms with E-state index < -0.39 is 0 Å². The fourth-order valence-corrected chi connectivity index (χ4v) is 0.559. The lowest BCUT2D eigenvalue weighted by Gasteiger charge is -1.64. The van der Waals surface area contributed by atoms with Crippen molar-refractivity contribution in [1.29, 1.82) is 0 Å². The Morgan fingerprint density at radius 1 is 1.80 bits per heavy atom. The van der Waals surface area contributed by atoms with Crippen molar-refractivity contribution in [3.05, 3.63) is 12.4 Å². The topological polar surface area (TPSA) is 24.4 Å². The van der Waals surface area contributed by atoms with Crippen LogP contribution < -0.4 is 4.98 Å². The Morgan fingerprint density at radius 2 is 2.80 bits per heavy atom. The zero-order chi connectivity index (χ0) is 3.54. The first-order chi connectivity index (χ1) is 2.50. The molecule has 5 heavy (non-hydrogen) atoms. The van der Waals surface area contributed by atoms with Crippen LogP contribution in [0.4, 0.5) is 0 Å². The van der Waals surface area contributed by atoms with Crippen LogP contribution in [0.1, 0.15) is 0 Å². The number of nitrogens with one attached hydrogen (secondary N) is 1. The molecule has 2 nitrogen and oxygen atoms in total. The molecule has 0 saturated heterocycles. The third kappa shape index (κ3) is 0.415. The highest BCUT2D eigenvalue weighted by molar-refractivity contribution is 6.19. The maximum absolute atomic E-state index is 3.82. The summed E-state index contributed by atoms with van der Waals surface area (Å²) in [5.41, 5.74) is 0. The Morgan fingerprint density at radius 3 is 3.00 bits per heavy atom. The van der Waals surface area contributed by atoms with Gasteiger partial charge in [-0.3, -0.25) is 4.63 Å². The molecule has 0 fully saturated rings. The van der Waals surface area contributed by atoms with Crippen molar-refractivity contribution in [3.8, 4) is 0 Å². The molecule has 1 aliphatic rings. The van der Waals surface area contributed by atoms with Crippen molar-refractivity contribution in [3.63, 3.8) is 0 Å². The molecule has 0 bridgehead atoms. The van der Waals surface area contributed by atoms with E-state index >= 15 is 0 Å². The minimum Gasteiger partial charge on any atom is -0.380 e. The van der Waals surface area contributed by atoms with Crippen LogP contribution in [-0.2, 0) is 0 Å². The van der Waals surface area contributed by atoms with E-state index in [0.29, 0.717) is 9.47 Å². The SMILES string of the molecule is C1=CN[Si]=N1. The number of hydrogen-bond acceptors (Lipinski definition) is 2. The molecule has 0 spiro atoms. The van der Waals surface area contributed by atoms with Crippen molar-refractivity contribution in [2.24, 2.45) is 4.63 Å². The number of hydrogen-bond donors (Lipinski definition) is 1. The molecule has 0 aromatic carbocycles. The summed E-state index contributed by atoms with van der Waals surface area (Å²) in [6, 6.07) is 0. The standard InChI is InChI=1S/C2H3N2Si/c1-2-4-5-3-1/h1-3H. The molecule has 0 saturated carbocycles. The largest absolute Gasteiger partial charge is 0.380 e. The predicted octanol–water partition coefficient (Wildman–Crippen LogP) is -0.136. The summed E-state index contributed by atoms with van der Waals surface area (Å²) in [5.74, 6) is 0. The summed E-state index contributed by atoms with van der Waals surface area (Å²) in [6.07, 6.45) is 3.59. The Kier molecular flexibility index (Phi) is 0.622. The van der Waals surface area contributed by atoms with Crippen LogP contribution in [0.5, 0.6) is 0 Å². The second-order valence-electron chi connectivity index (χ2n) is 0.701. The normalized spacial score (nSPS) is 16.0. The van der Waals surface area contributed by atoms with Crippen molar-refractivity contribution in [1.82, 2.24) is 4.98 Å². The van der Waals surface area contributed by atoms with E-state index in [2.05, 4.69) is 9.62 Å². The van der Waals surface area contributed by atoms with E-state index in [4.69, 9.17) is 0 Å². The van der Waals surface area contributed by atoms with Crippen molar-refractivity contribution in [2.75, 3.05) is 0 Å². The van der Waals surface area contributed by atoms with Gasteiger partial charge in [0.25, 0.3) is 9.47 Å². The first kappa shape index (κ1) is 2.78. The average molecular weight is 83.1 g/mol. The van der Waals surface area contributed by atoms with Gasteiger partial charge in [0, 0.05) is 12.4 Å². The Labute approximate surface area is 32.5 Å². The quantitative estimate of drug-likeness (QED) is 0.405. The maximum Gasteiger partial charge on any atom is 0.295 e. The van der Waals surface area contributed by atoms with Gasteiger partial charge in [0.15, 0.2) is 0 Å². The van der Waals surface area contributed by atoms with Gasteiger partial charge in [-0.25, -0.2) is 0 Å². The van der Waals surface area contributed by atoms with Crippen LogP contribution in [0.15, 0.2) is 17.0 Å². The maximum atomic E-state index is 3.82. The van der Waals surface area contributed by atoms with Gasteiger partial charge in [-0.15, -0.1) is 0 Å². The van der Waals surface area contributed by atoms with E-state index in [0.717, 1.165) is 0 Å². The Bertz CT molecular complexity index is 65.7. The van der Waals surface area contributed by atoms with E-state index in [1.165, 1.54) is 0 Å². The van der Waals surface area contributed by atoms with Gasteiger partial charge in [-0.05, 0) is 0 Å². The van der Waals surface area contributed by atoms with Gasteiger partial charge in [-0.1, -0.05) is 0 Å². The fraction of sp³-hybridized carbons (Fsp3) is 0. The molecule has 0 amide bonds. The Hall–Kier alpha value is -0.443. The lowest BCUT2D eigenvalue weighted by molar-refractivity contribution is 1.41. The summed E-state index contributed by atoms with van der Waals surface area (Å²) in [4.78, 5) is 2.90. The summed E-state index contributed by atoms with van der Waals surface area (Å²) in [5, 5.41) is 0. The molecule has 0 aromatic rings. The molecule has 3 heteroatoms. The van der Waals surface area contributed by atoms with Crippen molar-refractivity contribution in [2.45, 2.75) is 0 Å². The van der Waals surface area contributed by atoms with Gasteiger partial charge >= 0.3 is 0 Å². The second kappa shape index (κ2) is 1.12. The molecule has 0 aliphatic carbocycles. The van der Waals surface area contributed by atoms with E-state index in [1.54, 1.807) is 6.20 Å². The third-order valence-electron chi connectivity index (χ3n) is 0.362. The Balaban J connectivity index is 2.61. The molecule has 1 N–H and O–H groups in total. The molecule has 1 rings (SSSR count). The lowest BCUT2D eigenvalue weighted by atomic mass is 11.0. The minimum atomic E-state index is 0.573. The molecule has 25 valence electrons. The second-order valence-corrected chi connectivity index (χ2v) is 1.47.